The number of hydrogen-bond donors (Lipinski definition) is 16. The molecule has 0 bridgehead atoms. The van der Waals surface area contributed by atoms with Crippen molar-refractivity contribution in [2.75, 3.05) is 0 Å². The van der Waals surface area contributed by atoms with Crippen molar-refractivity contribution in [3.8, 4) is 0 Å². The Balaban J connectivity index is 6.41. The van der Waals surface area contributed by atoms with E-state index in [0.29, 0.717) is 0 Å². The van der Waals surface area contributed by atoms with E-state index in [1.54, 1.807) is 0 Å². The zero-order valence-corrected chi connectivity index (χ0v) is 34.8. The Morgan fingerprint density at radius 3 is 1.02 bits per heavy atom. The highest BCUT2D eigenvalue weighted by atomic mass is 16.4. The van der Waals surface area contributed by atoms with Gasteiger partial charge in [0.15, 0.2) is 0 Å². The monoisotopic (exact) mass is 949 g/mol. The van der Waals surface area contributed by atoms with Crippen LogP contribution in [0, 0.1) is 0 Å². The Morgan fingerprint density at radius 1 is 0.364 bits per heavy atom. The van der Waals surface area contributed by atoms with Gasteiger partial charge < -0.3 is 84.4 Å². The van der Waals surface area contributed by atoms with Gasteiger partial charge in [0.1, 0.15) is 42.3 Å². The molecule has 368 valence electrons. The number of carbonyl (C=O) groups is 15. The molecule has 8 atom stereocenters. The average Bonchev–Trinajstić information content (AvgIpc) is 3.19. The van der Waals surface area contributed by atoms with Gasteiger partial charge in [-0.25, -0.2) is 4.79 Å². The lowest BCUT2D eigenvalue weighted by Crippen LogP contribution is -2.60. The smallest absolute Gasteiger partial charge is 0.326 e. The van der Waals surface area contributed by atoms with Crippen molar-refractivity contribution in [2.45, 2.75) is 126 Å². The summed E-state index contributed by atoms with van der Waals surface area (Å²) in [4.78, 5) is 183. The minimum atomic E-state index is -2.19. The van der Waals surface area contributed by atoms with Crippen molar-refractivity contribution in [1.29, 1.82) is 0 Å². The van der Waals surface area contributed by atoms with Gasteiger partial charge in [-0.05, 0) is 32.6 Å². The maximum Gasteiger partial charge on any atom is 0.326 e. The summed E-state index contributed by atoms with van der Waals surface area (Å²) in [6, 6.07) is -15.3. The zero-order chi connectivity index (χ0) is 51.0. The molecule has 66 heavy (non-hydrogen) atoms. The third-order valence-electron chi connectivity index (χ3n) is 8.65. The Labute approximate surface area is 371 Å². The lowest BCUT2D eigenvalue weighted by molar-refractivity contribution is -0.145. The minimum absolute atomic E-state index is 0.410. The van der Waals surface area contributed by atoms with Gasteiger partial charge in [0.05, 0.1) is 25.3 Å². The van der Waals surface area contributed by atoms with Crippen molar-refractivity contribution in [1.82, 2.24) is 37.2 Å². The van der Waals surface area contributed by atoms with Gasteiger partial charge in [-0.3, -0.25) is 67.1 Å². The van der Waals surface area contributed by atoms with Crippen LogP contribution in [0.5, 0.6) is 0 Å². The number of carboxylic acid groups (broad SMARTS) is 7. The summed E-state index contributed by atoms with van der Waals surface area (Å²) in [6.45, 7) is 0.970. The summed E-state index contributed by atoms with van der Waals surface area (Å²) in [5.41, 5.74) is 10.8. The third kappa shape index (κ3) is 24.0. The molecule has 0 aromatic rings. The highest BCUT2D eigenvalue weighted by Gasteiger charge is 2.35. The first-order valence-corrected chi connectivity index (χ1v) is 19.2. The van der Waals surface area contributed by atoms with Gasteiger partial charge in [-0.2, -0.15) is 0 Å². The number of aliphatic carboxylic acids is 7. The molecule has 31 heteroatoms. The molecule has 0 unspecified atom stereocenters. The van der Waals surface area contributed by atoms with Crippen LogP contribution in [0.15, 0.2) is 0 Å². The van der Waals surface area contributed by atoms with Crippen LogP contribution in [-0.2, 0) is 71.9 Å². The molecule has 0 aromatic heterocycles. The van der Waals surface area contributed by atoms with Gasteiger partial charge in [0, 0.05) is 25.7 Å². The fourth-order valence-electron chi connectivity index (χ4n) is 5.22. The van der Waals surface area contributed by atoms with E-state index in [-0.39, 0.29) is 0 Å². The molecule has 0 heterocycles. The van der Waals surface area contributed by atoms with Crippen molar-refractivity contribution in [3.05, 3.63) is 0 Å². The predicted molar refractivity (Wildman–Crippen MR) is 211 cm³/mol. The molecule has 0 aliphatic carbocycles. The summed E-state index contributed by atoms with van der Waals surface area (Å²) in [5, 5.41) is 78.3. The number of primary amides is 1. The van der Waals surface area contributed by atoms with Crippen LogP contribution in [0.25, 0.3) is 0 Å². The number of nitrogens with two attached hydrogens (primary N) is 2. The molecule has 31 nitrogen and oxygen atoms in total. The second kappa shape index (κ2) is 28.6. The summed E-state index contributed by atoms with van der Waals surface area (Å²) >= 11 is 0. The molecule has 0 aliphatic rings. The molecule has 0 rings (SSSR count). The second-order valence-corrected chi connectivity index (χ2v) is 14.1. The number of nitrogens with one attached hydrogen (secondary N) is 7. The second-order valence-electron chi connectivity index (χ2n) is 14.1. The molecule has 0 aromatic carbocycles. The molecular weight excluding hydrogens is 898 g/mol. The Morgan fingerprint density at radius 2 is 0.652 bits per heavy atom. The van der Waals surface area contributed by atoms with Crippen LogP contribution in [-0.4, -0.2) is 173 Å². The lowest BCUT2D eigenvalue weighted by Gasteiger charge is -2.26. The summed E-state index contributed by atoms with van der Waals surface area (Å²) in [7, 11) is 0. The van der Waals surface area contributed by atoms with Gasteiger partial charge in [-0.1, -0.05) is 0 Å². The normalized spacial score (nSPS) is 14.3. The van der Waals surface area contributed by atoms with E-state index in [9.17, 15) is 92.3 Å². The van der Waals surface area contributed by atoms with Crippen molar-refractivity contribution < 1.29 is 108 Å². The van der Waals surface area contributed by atoms with Crippen LogP contribution >= 0.6 is 0 Å². The summed E-state index contributed by atoms with van der Waals surface area (Å²) in [5.74, 6) is -21.8. The summed E-state index contributed by atoms with van der Waals surface area (Å²) in [6.07, 6.45) is -9.04. The van der Waals surface area contributed by atoms with Crippen molar-refractivity contribution in [3.63, 3.8) is 0 Å². The average molecular weight is 950 g/mol. The number of hydrogen-bond acceptors (Lipinski definition) is 16. The largest absolute Gasteiger partial charge is 0.481 e. The van der Waals surface area contributed by atoms with Crippen molar-refractivity contribution in [2.24, 2.45) is 11.5 Å². The molecule has 18 N–H and O–H groups in total. The standard InChI is InChI=1S/C35H51N9O22/c1-13(38-32(62)18(10-25(52)53)43-29(59)14(36)2-7-22(46)47)28(58)42-19(11-26(54)55)33(63)39-15(3-6-21(37)45)31(61)44-20(12-27(56)57)34(64)40-16(4-8-23(48)49)30(60)41-17(35(65)66)5-9-24(50)51/h13-20H,2-12,36H2,1H3,(H2,37,45)(H,38,62)(H,39,63)(H,40,64)(H,41,60)(H,42,58)(H,43,59)(H,44,61)(H,46,47)(H,48,49)(H,50,51)(H,52,53)(H,54,55)(H,56,57)(H,65,66)/t13-,14-,15-,16-,17+,18+,19-,20+/m0/s1. The topological polar surface area (TPSA) is 534 Å². The van der Waals surface area contributed by atoms with Gasteiger partial charge in [0.25, 0.3) is 0 Å². The number of carboxylic acids is 7. The third-order valence-corrected chi connectivity index (χ3v) is 8.65. The quantitative estimate of drug-likeness (QED) is 0.0291. The highest BCUT2D eigenvalue weighted by molar-refractivity contribution is 5.99. The molecule has 0 spiro atoms. The molecular formula is C35H51N9O22. The predicted octanol–water partition coefficient (Wildman–Crippen LogP) is -6.90. The molecule has 8 amide bonds. The van der Waals surface area contributed by atoms with E-state index >= 15 is 0 Å². The van der Waals surface area contributed by atoms with Crippen LogP contribution in [0.4, 0.5) is 0 Å². The van der Waals surface area contributed by atoms with Crippen LogP contribution < -0.4 is 48.7 Å². The van der Waals surface area contributed by atoms with E-state index in [4.69, 9.17) is 26.8 Å². The van der Waals surface area contributed by atoms with Gasteiger partial charge in [-0.15, -0.1) is 0 Å². The van der Waals surface area contributed by atoms with Crippen LogP contribution in [0.1, 0.15) is 77.6 Å². The first-order chi connectivity index (χ1) is 30.5. The number of rotatable bonds is 33. The molecule has 0 saturated carbocycles. The SMILES string of the molecule is C[C@H](NC(=O)[C@@H](CC(=O)O)NC(=O)[C@@H](N)CCC(=O)O)C(=O)N[C@@H](CC(=O)O)C(=O)N[C@@H](CCC(N)=O)C(=O)N[C@H](CC(=O)O)C(=O)N[C@@H](CCC(=O)O)C(=O)N[C@H](CCC(=O)O)C(=O)O. The molecule has 0 fully saturated rings. The van der Waals surface area contributed by atoms with E-state index in [1.165, 1.54) is 0 Å². The van der Waals surface area contributed by atoms with Crippen LogP contribution in [0.3, 0.4) is 0 Å². The first-order valence-electron chi connectivity index (χ1n) is 19.2. The maximum atomic E-state index is 13.5. The van der Waals surface area contributed by atoms with Crippen LogP contribution in [0.2, 0.25) is 0 Å². The first kappa shape index (κ1) is 58.0. The van der Waals surface area contributed by atoms with Gasteiger partial charge in [0.2, 0.25) is 47.3 Å². The molecule has 0 aliphatic heterocycles. The fourth-order valence-corrected chi connectivity index (χ4v) is 5.22. The van der Waals surface area contributed by atoms with E-state index in [1.807, 2.05) is 37.2 Å². The van der Waals surface area contributed by atoms with Gasteiger partial charge >= 0.3 is 41.8 Å². The fraction of sp³-hybridized carbons (Fsp3) is 0.571. The van der Waals surface area contributed by atoms with E-state index in [0.717, 1.165) is 6.92 Å². The summed E-state index contributed by atoms with van der Waals surface area (Å²) < 4.78 is 0. The Kier molecular flexibility index (Phi) is 25.2. The highest BCUT2D eigenvalue weighted by Crippen LogP contribution is 2.08. The minimum Gasteiger partial charge on any atom is -0.481 e. The number of amides is 8. The molecule has 0 saturated heterocycles. The van der Waals surface area contributed by atoms with E-state index < -0.39 is 208 Å². The Bertz CT molecular complexity index is 1890. The number of carbonyl (C=O) groups excluding carboxylic acids is 8. The van der Waals surface area contributed by atoms with E-state index in [2.05, 4.69) is 0 Å². The Hall–Kier alpha value is -7.99. The maximum absolute atomic E-state index is 13.5. The zero-order valence-electron chi connectivity index (χ0n) is 34.8. The lowest BCUT2D eigenvalue weighted by atomic mass is 10.1. The van der Waals surface area contributed by atoms with Crippen molar-refractivity contribution >= 4 is 89.0 Å². The molecule has 0 radical (unpaired) electrons.